The molecule has 3 aliphatic rings. The first kappa shape index (κ1) is 22.0. The second-order valence-electron chi connectivity index (χ2n) is 8.95. The molecule has 27 heavy (non-hydrogen) atoms. The van der Waals surface area contributed by atoms with Gasteiger partial charge in [-0.25, -0.2) is 4.79 Å². The predicted octanol–water partition coefficient (Wildman–Crippen LogP) is 1.88. The molecule has 0 aromatic rings. The van der Waals surface area contributed by atoms with E-state index in [9.17, 15) is 14.4 Å². The molecule has 1 atom stereocenters. The summed E-state index contributed by atoms with van der Waals surface area (Å²) < 4.78 is 0. The van der Waals surface area contributed by atoms with Crippen molar-refractivity contribution >= 4 is 30.3 Å². The van der Waals surface area contributed by atoms with E-state index in [0.717, 1.165) is 30.6 Å². The number of rotatable bonds is 3. The van der Waals surface area contributed by atoms with Crippen LogP contribution < -0.4 is 11.1 Å². The molecule has 8 heteroatoms. The highest BCUT2D eigenvalue weighted by atomic mass is 35.5. The first-order valence-corrected chi connectivity index (χ1v) is 9.86. The number of nitrogens with two attached hydrogens (primary N) is 1. The van der Waals surface area contributed by atoms with Gasteiger partial charge in [0.2, 0.25) is 5.91 Å². The number of imide groups is 1. The van der Waals surface area contributed by atoms with Crippen molar-refractivity contribution in [2.75, 3.05) is 19.6 Å². The molecule has 4 amide bonds. The summed E-state index contributed by atoms with van der Waals surface area (Å²) in [7, 11) is 0. The van der Waals surface area contributed by atoms with Crippen molar-refractivity contribution in [1.82, 2.24) is 15.1 Å². The number of carbonyl (C=O) groups excluding carboxylic acids is 3. The Hall–Kier alpha value is -1.34. The Bertz CT molecular complexity index is 602. The summed E-state index contributed by atoms with van der Waals surface area (Å²) in [4.78, 5) is 40.9. The number of nitrogens with zero attached hydrogens (tertiary/aromatic N) is 2. The molecule has 0 aromatic heterocycles. The molecule has 2 saturated heterocycles. The van der Waals surface area contributed by atoms with Gasteiger partial charge in [-0.05, 0) is 43.4 Å². The summed E-state index contributed by atoms with van der Waals surface area (Å²) >= 11 is 0. The van der Waals surface area contributed by atoms with Crippen LogP contribution in [0, 0.1) is 11.3 Å². The third-order valence-corrected chi connectivity index (χ3v) is 6.74. The lowest BCUT2D eigenvalue weighted by Crippen LogP contribution is -2.56. The van der Waals surface area contributed by atoms with Crippen LogP contribution in [-0.2, 0) is 9.59 Å². The van der Waals surface area contributed by atoms with Crippen molar-refractivity contribution in [3.8, 4) is 0 Å². The first-order chi connectivity index (χ1) is 12.2. The molecule has 0 radical (unpaired) electrons. The van der Waals surface area contributed by atoms with Gasteiger partial charge in [-0.2, -0.15) is 0 Å². The number of hydrogen-bond donors (Lipinski definition) is 2. The highest BCUT2D eigenvalue weighted by Gasteiger charge is 2.53. The summed E-state index contributed by atoms with van der Waals surface area (Å²) in [6.45, 7) is 7.22. The average molecular weight is 401 g/mol. The molecule has 0 aromatic carbocycles. The van der Waals surface area contributed by atoms with Gasteiger partial charge >= 0.3 is 6.03 Å². The van der Waals surface area contributed by atoms with Gasteiger partial charge in [0, 0.05) is 19.1 Å². The fourth-order valence-electron chi connectivity index (χ4n) is 4.56. The lowest BCUT2D eigenvalue weighted by atomic mass is 9.75. The maximum absolute atomic E-state index is 12.9. The van der Waals surface area contributed by atoms with Crippen LogP contribution >= 0.6 is 12.4 Å². The molecule has 1 unspecified atom stereocenters. The number of urea groups is 1. The number of nitrogens with one attached hydrogen (secondary N) is 1. The molecule has 0 bridgehead atoms. The minimum atomic E-state index is -0.785. The van der Waals surface area contributed by atoms with E-state index in [4.69, 9.17) is 5.73 Å². The predicted molar refractivity (Wildman–Crippen MR) is 105 cm³/mol. The number of likely N-dealkylation sites (tertiary alicyclic amines) is 1. The van der Waals surface area contributed by atoms with E-state index >= 15 is 0 Å². The number of piperidine rings is 1. The molecule has 2 aliphatic heterocycles. The van der Waals surface area contributed by atoms with Crippen molar-refractivity contribution in [3.63, 3.8) is 0 Å². The highest BCUT2D eigenvalue weighted by molar-refractivity contribution is 6.09. The van der Waals surface area contributed by atoms with Crippen LogP contribution in [0.15, 0.2) is 0 Å². The number of amides is 4. The highest BCUT2D eigenvalue weighted by Crippen LogP contribution is 2.37. The third kappa shape index (κ3) is 4.09. The number of carbonyl (C=O) groups is 3. The van der Waals surface area contributed by atoms with Crippen LogP contribution in [0.4, 0.5) is 4.79 Å². The maximum atomic E-state index is 12.9. The van der Waals surface area contributed by atoms with Crippen LogP contribution in [0.1, 0.15) is 59.3 Å². The van der Waals surface area contributed by atoms with Gasteiger partial charge < -0.3 is 16.0 Å². The zero-order valence-corrected chi connectivity index (χ0v) is 17.4. The summed E-state index contributed by atoms with van der Waals surface area (Å²) in [5, 5.41) is 2.89. The molecule has 7 nitrogen and oxygen atoms in total. The lowest BCUT2D eigenvalue weighted by molar-refractivity contribution is -0.141. The molecule has 1 saturated carbocycles. The zero-order valence-electron chi connectivity index (χ0n) is 16.6. The molecule has 154 valence electrons. The monoisotopic (exact) mass is 400 g/mol. The van der Waals surface area contributed by atoms with Crippen molar-refractivity contribution in [1.29, 1.82) is 0 Å². The van der Waals surface area contributed by atoms with Gasteiger partial charge in [-0.15, -0.1) is 12.4 Å². The largest absolute Gasteiger partial charge is 0.340 e. The minimum absolute atomic E-state index is 0. The molecule has 3 fully saturated rings. The van der Waals surface area contributed by atoms with E-state index in [1.54, 1.807) is 4.90 Å². The SMILES string of the molecule is CCC1CCC2(CC1)NC(=O)N(CC(=O)N1CCC(N)C(C)(C)C1)C2=O.Cl. The Labute approximate surface area is 167 Å². The van der Waals surface area contributed by atoms with Gasteiger partial charge in [-0.1, -0.05) is 27.2 Å². The van der Waals surface area contributed by atoms with Gasteiger partial charge in [0.25, 0.3) is 5.91 Å². The van der Waals surface area contributed by atoms with E-state index in [2.05, 4.69) is 12.2 Å². The Kier molecular flexibility index (Phi) is 6.47. The fourth-order valence-corrected chi connectivity index (χ4v) is 4.56. The quantitative estimate of drug-likeness (QED) is 0.707. The summed E-state index contributed by atoms with van der Waals surface area (Å²) in [6.07, 6.45) is 5.08. The average Bonchev–Trinajstić information content (AvgIpc) is 2.82. The molecule has 2 heterocycles. The second-order valence-corrected chi connectivity index (χ2v) is 8.95. The van der Waals surface area contributed by atoms with E-state index in [-0.39, 0.29) is 42.2 Å². The van der Waals surface area contributed by atoms with Gasteiger partial charge in [0.1, 0.15) is 12.1 Å². The van der Waals surface area contributed by atoms with E-state index in [1.807, 2.05) is 13.8 Å². The molecule has 3 rings (SSSR count). The first-order valence-electron chi connectivity index (χ1n) is 9.86. The normalized spacial score (nSPS) is 33.0. The maximum Gasteiger partial charge on any atom is 0.325 e. The van der Waals surface area contributed by atoms with Crippen molar-refractivity contribution < 1.29 is 14.4 Å². The minimum Gasteiger partial charge on any atom is -0.340 e. The van der Waals surface area contributed by atoms with Crippen LogP contribution in [0.5, 0.6) is 0 Å². The summed E-state index contributed by atoms with van der Waals surface area (Å²) in [5.74, 6) is 0.229. The number of hydrogen-bond acceptors (Lipinski definition) is 4. The number of halogens is 1. The fraction of sp³-hybridized carbons (Fsp3) is 0.842. The Morgan fingerprint density at radius 2 is 1.85 bits per heavy atom. The Balaban J connectivity index is 0.00000261. The summed E-state index contributed by atoms with van der Waals surface area (Å²) in [6, 6.07) is -0.369. The smallest absolute Gasteiger partial charge is 0.325 e. The molecule has 1 aliphatic carbocycles. The van der Waals surface area contributed by atoms with Crippen molar-refractivity contribution in [2.24, 2.45) is 17.1 Å². The zero-order chi connectivity index (χ0) is 19.1. The van der Waals surface area contributed by atoms with Gasteiger partial charge in [0.15, 0.2) is 0 Å². The van der Waals surface area contributed by atoms with E-state index < -0.39 is 11.6 Å². The van der Waals surface area contributed by atoms with Crippen molar-refractivity contribution in [3.05, 3.63) is 0 Å². The third-order valence-electron chi connectivity index (χ3n) is 6.74. The topological polar surface area (TPSA) is 95.7 Å². The molecule has 1 spiro atoms. The lowest BCUT2D eigenvalue weighted by Gasteiger charge is -2.42. The van der Waals surface area contributed by atoms with Gasteiger partial charge in [-0.3, -0.25) is 14.5 Å². The standard InChI is InChI=1S/C19H32N4O3.ClH/c1-4-13-5-8-19(9-6-13)16(25)23(17(26)21-19)11-15(24)22-10-7-14(20)18(2,3)12-22;/h13-14H,4-12,20H2,1-3H3,(H,21,26);1H. The Morgan fingerprint density at radius 1 is 1.22 bits per heavy atom. The molecule has 3 N–H and O–H groups in total. The Morgan fingerprint density at radius 3 is 2.41 bits per heavy atom. The van der Waals surface area contributed by atoms with Crippen LogP contribution in [-0.4, -0.2) is 58.9 Å². The van der Waals surface area contributed by atoms with E-state index in [0.29, 0.717) is 31.8 Å². The van der Waals surface area contributed by atoms with E-state index in [1.165, 1.54) is 0 Å². The van der Waals surface area contributed by atoms with Crippen LogP contribution in [0.3, 0.4) is 0 Å². The molecular formula is C19H33ClN4O3. The van der Waals surface area contributed by atoms with Crippen LogP contribution in [0.2, 0.25) is 0 Å². The van der Waals surface area contributed by atoms with Gasteiger partial charge in [0.05, 0.1) is 0 Å². The van der Waals surface area contributed by atoms with Crippen LogP contribution in [0.25, 0.3) is 0 Å². The summed E-state index contributed by atoms with van der Waals surface area (Å²) in [5.41, 5.74) is 5.19. The molecular weight excluding hydrogens is 368 g/mol. The van der Waals surface area contributed by atoms with Crippen molar-refractivity contribution in [2.45, 2.75) is 70.9 Å². The second kappa shape index (κ2) is 7.95.